The fraction of sp³-hybridized carbons (Fsp3) is 0.0833. The van der Waals surface area contributed by atoms with Crippen LogP contribution in [0.4, 0.5) is 5.69 Å². The molecule has 0 radical (unpaired) electrons. The Labute approximate surface area is 189 Å². The van der Waals surface area contributed by atoms with Crippen molar-refractivity contribution >= 4 is 46.9 Å². The normalized spacial score (nSPS) is 15.2. The minimum Gasteiger partial charge on any atom is -0.478 e. The molecule has 8 heteroatoms. The summed E-state index contributed by atoms with van der Waals surface area (Å²) in [5, 5.41) is 11.9. The summed E-state index contributed by atoms with van der Waals surface area (Å²) < 4.78 is 1.70. The number of carboxylic acid groups (broad SMARTS) is 1. The molecule has 0 atom stereocenters. The van der Waals surface area contributed by atoms with Crippen LogP contribution in [0.3, 0.4) is 0 Å². The van der Waals surface area contributed by atoms with E-state index in [0.717, 1.165) is 11.1 Å². The molecule has 0 bridgehead atoms. The Hall–Kier alpha value is -4.04. The van der Waals surface area contributed by atoms with Crippen LogP contribution in [-0.4, -0.2) is 32.6 Å². The van der Waals surface area contributed by atoms with E-state index in [1.807, 2.05) is 26.0 Å². The molecule has 4 rings (SSSR count). The van der Waals surface area contributed by atoms with Crippen molar-refractivity contribution in [3.05, 3.63) is 88.8 Å². The van der Waals surface area contributed by atoms with Crippen molar-refractivity contribution in [2.75, 3.05) is 4.90 Å². The van der Waals surface area contributed by atoms with Crippen LogP contribution in [0, 0.1) is 13.8 Å². The lowest BCUT2D eigenvalue weighted by Crippen LogP contribution is -2.54. The molecule has 3 aromatic rings. The second kappa shape index (κ2) is 8.24. The van der Waals surface area contributed by atoms with Crippen molar-refractivity contribution in [2.24, 2.45) is 0 Å². The van der Waals surface area contributed by atoms with Crippen LogP contribution in [0.1, 0.15) is 27.2 Å². The van der Waals surface area contributed by atoms with Gasteiger partial charge >= 0.3 is 5.97 Å². The quantitative estimate of drug-likeness (QED) is 0.364. The highest BCUT2D eigenvalue weighted by atomic mass is 32.1. The summed E-state index contributed by atoms with van der Waals surface area (Å²) in [5.41, 5.74) is 3.67. The Kier molecular flexibility index (Phi) is 5.46. The second-order valence-electron chi connectivity index (χ2n) is 7.34. The maximum absolute atomic E-state index is 13.4. The van der Waals surface area contributed by atoms with E-state index in [1.54, 1.807) is 41.1 Å². The number of rotatable bonds is 4. The van der Waals surface area contributed by atoms with Crippen LogP contribution in [0.25, 0.3) is 11.8 Å². The van der Waals surface area contributed by atoms with E-state index in [-0.39, 0.29) is 16.2 Å². The van der Waals surface area contributed by atoms with Crippen LogP contribution in [-0.2, 0) is 9.59 Å². The summed E-state index contributed by atoms with van der Waals surface area (Å²) >= 11 is 5.29. The third-order valence-corrected chi connectivity index (χ3v) is 5.65. The third-order valence-electron chi connectivity index (χ3n) is 5.36. The molecule has 2 heterocycles. The highest BCUT2D eigenvalue weighted by Crippen LogP contribution is 2.27. The van der Waals surface area contributed by atoms with Crippen molar-refractivity contribution in [1.82, 2.24) is 9.88 Å². The third kappa shape index (κ3) is 3.72. The van der Waals surface area contributed by atoms with Crippen molar-refractivity contribution in [3.8, 4) is 5.69 Å². The predicted molar refractivity (Wildman–Crippen MR) is 125 cm³/mol. The summed E-state index contributed by atoms with van der Waals surface area (Å²) in [6.07, 6.45) is 3.21. The maximum atomic E-state index is 13.4. The molecule has 1 aliphatic rings. The molecule has 2 amide bonds. The fourth-order valence-corrected chi connectivity index (χ4v) is 3.81. The molecule has 0 spiro atoms. The Bertz CT molecular complexity index is 1320. The Morgan fingerprint density at radius 3 is 2.56 bits per heavy atom. The van der Waals surface area contributed by atoms with Gasteiger partial charge in [-0.05, 0) is 79.7 Å². The van der Waals surface area contributed by atoms with Crippen molar-refractivity contribution in [2.45, 2.75) is 13.8 Å². The summed E-state index contributed by atoms with van der Waals surface area (Å²) in [6, 6.07) is 15.4. The summed E-state index contributed by atoms with van der Waals surface area (Å²) in [7, 11) is 0. The van der Waals surface area contributed by atoms with Crippen LogP contribution in [0.2, 0.25) is 0 Å². The number of anilines is 1. The molecule has 7 nitrogen and oxygen atoms in total. The number of carbonyl (C=O) groups is 3. The smallest absolute Gasteiger partial charge is 0.335 e. The highest BCUT2D eigenvalue weighted by Gasteiger charge is 2.35. The van der Waals surface area contributed by atoms with Crippen LogP contribution in [0.5, 0.6) is 0 Å². The molecule has 1 fully saturated rings. The van der Waals surface area contributed by atoms with Gasteiger partial charge in [-0.15, -0.1) is 0 Å². The zero-order chi connectivity index (χ0) is 23.0. The first kappa shape index (κ1) is 21.2. The molecular weight excluding hydrogens is 426 g/mol. The van der Waals surface area contributed by atoms with E-state index < -0.39 is 17.8 Å². The van der Waals surface area contributed by atoms with Gasteiger partial charge < -0.3 is 9.67 Å². The number of hydrogen-bond donors (Lipinski definition) is 2. The van der Waals surface area contributed by atoms with Crippen molar-refractivity contribution in [1.29, 1.82) is 0 Å². The van der Waals surface area contributed by atoms with Gasteiger partial charge in [-0.3, -0.25) is 19.8 Å². The number of carboxylic acids is 1. The summed E-state index contributed by atoms with van der Waals surface area (Å²) in [4.78, 5) is 38.7. The average molecular weight is 446 g/mol. The Morgan fingerprint density at radius 1 is 1.06 bits per heavy atom. The molecule has 2 N–H and O–H groups in total. The van der Waals surface area contributed by atoms with E-state index >= 15 is 0 Å². The molecule has 1 saturated heterocycles. The molecule has 32 heavy (non-hydrogen) atoms. The first-order valence-corrected chi connectivity index (χ1v) is 10.2. The minimum absolute atomic E-state index is 0.0235. The molecular formula is C24H19N3O4S. The summed E-state index contributed by atoms with van der Waals surface area (Å²) in [5.74, 6) is -2.16. The second-order valence-corrected chi connectivity index (χ2v) is 7.72. The predicted octanol–water partition coefficient (Wildman–Crippen LogP) is 3.62. The molecule has 2 aromatic carbocycles. The Balaban J connectivity index is 1.77. The van der Waals surface area contributed by atoms with E-state index in [2.05, 4.69) is 5.32 Å². The fourth-order valence-electron chi connectivity index (χ4n) is 3.54. The van der Waals surface area contributed by atoms with Gasteiger partial charge in [0.2, 0.25) is 0 Å². The lowest BCUT2D eigenvalue weighted by Gasteiger charge is -2.30. The van der Waals surface area contributed by atoms with E-state index in [4.69, 9.17) is 12.2 Å². The number of thiocarbonyl (C=S) groups is 1. The highest BCUT2D eigenvalue weighted by molar-refractivity contribution is 7.80. The number of carbonyl (C=O) groups excluding carboxylic acids is 2. The van der Waals surface area contributed by atoms with Gasteiger partial charge in [0.1, 0.15) is 5.57 Å². The van der Waals surface area contributed by atoms with Gasteiger partial charge in [-0.25, -0.2) is 4.79 Å². The van der Waals surface area contributed by atoms with Crippen LogP contribution >= 0.6 is 12.2 Å². The lowest BCUT2D eigenvalue weighted by molar-refractivity contribution is -0.122. The summed E-state index contributed by atoms with van der Waals surface area (Å²) in [6.45, 7) is 3.82. The molecule has 0 saturated carbocycles. The van der Waals surface area contributed by atoms with E-state index in [0.29, 0.717) is 17.1 Å². The van der Waals surface area contributed by atoms with Gasteiger partial charge in [0.25, 0.3) is 11.8 Å². The molecule has 0 unspecified atom stereocenters. The number of nitrogens with zero attached hydrogens (tertiary/aromatic N) is 2. The standard InChI is InChI=1S/C24H19N3O4S/c1-14-6-3-10-20(15(14)2)27-22(29)19(21(28)25-24(27)32)13-18-9-5-11-26(18)17-8-4-7-16(12-17)23(30)31/h3-13H,1-2H3,(H,30,31)(H,25,28,32)/b19-13+. The monoisotopic (exact) mass is 445 g/mol. The van der Waals surface area contributed by atoms with Crippen LogP contribution < -0.4 is 10.2 Å². The molecule has 1 aliphatic heterocycles. The zero-order valence-corrected chi connectivity index (χ0v) is 18.1. The van der Waals surface area contributed by atoms with Crippen LogP contribution in [0.15, 0.2) is 66.4 Å². The van der Waals surface area contributed by atoms with E-state index in [1.165, 1.54) is 23.1 Å². The van der Waals surface area contributed by atoms with Gasteiger partial charge in [0, 0.05) is 17.6 Å². The van der Waals surface area contributed by atoms with E-state index in [9.17, 15) is 19.5 Å². The number of nitrogens with one attached hydrogen (secondary N) is 1. The van der Waals surface area contributed by atoms with Gasteiger partial charge in [-0.2, -0.15) is 0 Å². The number of aromatic carboxylic acids is 1. The van der Waals surface area contributed by atoms with Crippen molar-refractivity contribution < 1.29 is 19.5 Å². The molecule has 0 aliphatic carbocycles. The Morgan fingerprint density at radius 2 is 1.81 bits per heavy atom. The minimum atomic E-state index is -1.04. The SMILES string of the molecule is Cc1cccc(N2C(=O)/C(=C/c3cccn3-c3cccc(C(=O)O)c3)C(=O)NC2=S)c1C. The topological polar surface area (TPSA) is 91.6 Å². The number of aryl methyl sites for hydroxylation is 1. The number of aromatic nitrogens is 1. The number of benzene rings is 2. The van der Waals surface area contributed by atoms with Gasteiger partial charge in [-0.1, -0.05) is 18.2 Å². The first-order valence-electron chi connectivity index (χ1n) is 9.76. The van der Waals surface area contributed by atoms with Gasteiger partial charge in [0.15, 0.2) is 5.11 Å². The van der Waals surface area contributed by atoms with Crippen molar-refractivity contribution in [3.63, 3.8) is 0 Å². The number of amides is 2. The average Bonchev–Trinajstić information content (AvgIpc) is 3.22. The largest absolute Gasteiger partial charge is 0.478 e. The number of hydrogen-bond acceptors (Lipinski definition) is 4. The molecule has 1 aromatic heterocycles. The zero-order valence-electron chi connectivity index (χ0n) is 17.3. The van der Waals surface area contributed by atoms with Gasteiger partial charge in [0.05, 0.1) is 11.3 Å². The maximum Gasteiger partial charge on any atom is 0.335 e. The lowest BCUT2D eigenvalue weighted by atomic mass is 10.0. The molecule has 160 valence electrons. The first-order chi connectivity index (χ1) is 15.3.